The maximum Gasteiger partial charge on any atom is 0.304 e. The topological polar surface area (TPSA) is 44.9 Å². The molecule has 0 fully saturated rings. The molecular weight excluding hydrogens is 256 g/mol. The summed E-state index contributed by atoms with van der Waals surface area (Å²) in [4.78, 5) is 14.0. The smallest absolute Gasteiger partial charge is 0.304 e. The zero-order valence-corrected chi connectivity index (χ0v) is 12.0. The number of hydrogen-bond donors (Lipinski definition) is 2. The maximum atomic E-state index is 11.1. The van der Waals surface area contributed by atoms with Crippen molar-refractivity contribution in [1.29, 1.82) is 0 Å². The van der Waals surface area contributed by atoms with Crippen LogP contribution in [0.15, 0.2) is 40.5 Å². The van der Waals surface area contributed by atoms with E-state index >= 15 is 0 Å². The van der Waals surface area contributed by atoms with E-state index in [1.54, 1.807) is 0 Å². The molecule has 0 radical (unpaired) electrons. The van der Waals surface area contributed by atoms with Crippen molar-refractivity contribution >= 4 is 11.3 Å². The van der Waals surface area contributed by atoms with Crippen molar-refractivity contribution in [2.45, 2.75) is 38.8 Å². The molecule has 4 heteroatoms. The fourth-order valence-corrected chi connectivity index (χ4v) is 2.70. The molecule has 0 aliphatic heterocycles. The third-order valence-electron chi connectivity index (χ3n) is 3.16. The second-order valence-electron chi connectivity index (χ2n) is 4.66. The predicted octanol–water partition coefficient (Wildman–Crippen LogP) is 3.46. The Labute approximate surface area is 117 Å². The van der Waals surface area contributed by atoms with Gasteiger partial charge in [0.05, 0.1) is 0 Å². The lowest BCUT2D eigenvalue weighted by Crippen LogP contribution is -2.21. The molecule has 1 unspecified atom stereocenters. The van der Waals surface area contributed by atoms with Gasteiger partial charge in [-0.15, -0.1) is 0 Å². The van der Waals surface area contributed by atoms with Crippen LogP contribution in [0.3, 0.4) is 0 Å². The molecule has 2 N–H and O–H groups in total. The molecule has 1 heterocycles. The van der Waals surface area contributed by atoms with Crippen molar-refractivity contribution in [2.24, 2.45) is 0 Å². The predicted molar refractivity (Wildman–Crippen MR) is 80.5 cm³/mol. The largest absolute Gasteiger partial charge is 0.315 e. The summed E-state index contributed by atoms with van der Waals surface area (Å²) in [6, 6.07) is 10.8. The summed E-state index contributed by atoms with van der Waals surface area (Å²) in [5.41, 5.74) is 2.28. The second-order valence-corrected chi connectivity index (χ2v) is 5.50. The van der Waals surface area contributed by atoms with Crippen LogP contribution in [-0.4, -0.2) is 4.98 Å². The number of thiazole rings is 1. The highest BCUT2D eigenvalue weighted by Crippen LogP contribution is 2.19. The fraction of sp³-hybridized carbons (Fsp3) is 0.400. The summed E-state index contributed by atoms with van der Waals surface area (Å²) >= 11 is 1.22. The normalized spacial score (nSPS) is 12.5. The van der Waals surface area contributed by atoms with E-state index in [1.807, 2.05) is 11.4 Å². The van der Waals surface area contributed by atoms with Gasteiger partial charge in [0.15, 0.2) is 0 Å². The molecule has 2 rings (SSSR count). The van der Waals surface area contributed by atoms with Gasteiger partial charge in [0.1, 0.15) is 0 Å². The minimum absolute atomic E-state index is 0.0154. The summed E-state index contributed by atoms with van der Waals surface area (Å²) in [6.45, 7) is 2.92. The third-order valence-corrected chi connectivity index (χ3v) is 3.88. The van der Waals surface area contributed by atoms with E-state index in [2.05, 4.69) is 41.5 Å². The van der Waals surface area contributed by atoms with Gasteiger partial charge in [-0.1, -0.05) is 61.4 Å². The third kappa shape index (κ3) is 4.33. The first-order valence-corrected chi connectivity index (χ1v) is 7.62. The van der Waals surface area contributed by atoms with Gasteiger partial charge in [-0.2, -0.15) is 0 Å². The molecule has 2 aromatic rings. The zero-order valence-electron chi connectivity index (χ0n) is 11.2. The van der Waals surface area contributed by atoms with Gasteiger partial charge < -0.3 is 10.3 Å². The Morgan fingerprint density at radius 1 is 1.32 bits per heavy atom. The molecule has 1 aromatic carbocycles. The number of hydrogen-bond acceptors (Lipinski definition) is 3. The molecule has 0 aliphatic rings. The van der Waals surface area contributed by atoms with E-state index in [-0.39, 0.29) is 4.87 Å². The molecule has 0 bridgehead atoms. The molecule has 0 aliphatic carbocycles. The van der Waals surface area contributed by atoms with E-state index in [0.29, 0.717) is 12.6 Å². The summed E-state index contributed by atoms with van der Waals surface area (Å²) in [5, 5.41) is 5.42. The van der Waals surface area contributed by atoms with Gasteiger partial charge in [0.25, 0.3) is 0 Å². The van der Waals surface area contributed by atoms with Gasteiger partial charge in [-0.25, -0.2) is 0 Å². The lowest BCUT2D eigenvalue weighted by molar-refractivity contribution is 0.478. The summed E-state index contributed by atoms with van der Waals surface area (Å²) < 4.78 is 0. The summed E-state index contributed by atoms with van der Waals surface area (Å²) in [5.74, 6) is 0. The number of aromatic amines is 1. The van der Waals surface area contributed by atoms with Crippen molar-refractivity contribution in [2.75, 3.05) is 0 Å². The van der Waals surface area contributed by atoms with Gasteiger partial charge >= 0.3 is 4.87 Å². The van der Waals surface area contributed by atoms with Gasteiger partial charge in [-0.3, -0.25) is 4.79 Å². The molecule has 1 aromatic heterocycles. The fourth-order valence-electron chi connectivity index (χ4n) is 2.11. The van der Waals surface area contributed by atoms with E-state index in [4.69, 9.17) is 0 Å². The minimum atomic E-state index is 0.0154. The Balaban J connectivity index is 1.99. The Bertz CT molecular complexity index is 532. The van der Waals surface area contributed by atoms with Crippen LogP contribution in [0.25, 0.3) is 0 Å². The molecule has 19 heavy (non-hydrogen) atoms. The summed E-state index contributed by atoms with van der Waals surface area (Å²) in [6.07, 6.45) is 3.52. The average Bonchev–Trinajstić information content (AvgIpc) is 2.86. The molecule has 0 saturated carbocycles. The maximum absolute atomic E-state index is 11.1. The second kappa shape index (κ2) is 7.26. The molecule has 0 amide bonds. The molecule has 0 saturated heterocycles. The Morgan fingerprint density at radius 3 is 2.74 bits per heavy atom. The monoisotopic (exact) mass is 276 g/mol. The molecule has 1 atom stereocenters. The standard InChI is InChI=1S/C15H20N2OS/c1-2-3-9-14(12-7-5-4-6-8-12)16-10-13-11-19-15(18)17-13/h4-8,11,14,16H,2-3,9-10H2,1H3,(H,17,18). The number of aromatic nitrogens is 1. The lowest BCUT2D eigenvalue weighted by atomic mass is 10.0. The van der Waals surface area contributed by atoms with Gasteiger partial charge in [-0.05, 0) is 12.0 Å². The van der Waals surface area contributed by atoms with Crippen LogP contribution in [0.5, 0.6) is 0 Å². The van der Waals surface area contributed by atoms with Crippen molar-refractivity contribution in [3.63, 3.8) is 0 Å². The number of unbranched alkanes of at least 4 members (excludes halogenated alkanes) is 1. The van der Waals surface area contributed by atoms with Gasteiger partial charge in [0.2, 0.25) is 0 Å². The lowest BCUT2D eigenvalue weighted by Gasteiger charge is -2.18. The van der Waals surface area contributed by atoms with Crippen LogP contribution in [0.2, 0.25) is 0 Å². The summed E-state index contributed by atoms with van der Waals surface area (Å²) in [7, 11) is 0. The van der Waals surface area contributed by atoms with Crippen LogP contribution in [-0.2, 0) is 6.54 Å². The molecule has 3 nitrogen and oxygen atoms in total. The van der Waals surface area contributed by atoms with E-state index in [9.17, 15) is 4.79 Å². The Kier molecular flexibility index (Phi) is 5.36. The first-order valence-electron chi connectivity index (χ1n) is 6.74. The minimum Gasteiger partial charge on any atom is -0.315 e. The number of nitrogens with one attached hydrogen (secondary N) is 2. The quantitative estimate of drug-likeness (QED) is 0.813. The Hall–Kier alpha value is -1.39. The van der Waals surface area contributed by atoms with Crippen LogP contribution < -0.4 is 10.2 Å². The van der Waals surface area contributed by atoms with Crippen LogP contribution in [0.4, 0.5) is 0 Å². The highest BCUT2D eigenvalue weighted by atomic mass is 32.1. The molecule has 102 valence electrons. The van der Waals surface area contributed by atoms with E-state index in [0.717, 1.165) is 12.1 Å². The van der Waals surface area contributed by atoms with Crippen LogP contribution in [0.1, 0.15) is 43.5 Å². The van der Waals surface area contributed by atoms with Crippen molar-refractivity contribution in [3.05, 3.63) is 56.6 Å². The first-order chi connectivity index (χ1) is 9.29. The average molecular weight is 276 g/mol. The van der Waals surface area contributed by atoms with Crippen LogP contribution >= 0.6 is 11.3 Å². The first kappa shape index (κ1) is 14.0. The SMILES string of the molecule is CCCCC(NCc1csc(=O)[nH]1)c1ccccc1. The number of rotatable bonds is 7. The van der Waals surface area contributed by atoms with Crippen molar-refractivity contribution in [3.8, 4) is 0 Å². The van der Waals surface area contributed by atoms with Crippen LogP contribution in [0, 0.1) is 0 Å². The highest BCUT2D eigenvalue weighted by molar-refractivity contribution is 7.07. The molecular formula is C15H20N2OS. The van der Waals surface area contributed by atoms with E-state index < -0.39 is 0 Å². The number of H-pyrrole nitrogens is 1. The molecule has 0 spiro atoms. The number of benzene rings is 1. The Morgan fingerprint density at radius 2 is 2.11 bits per heavy atom. The van der Waals surface area contributed by atoms with Crippen molar-refractivity contribution in [1.82, 2.24) is 10.3 Å². The van der Waals surface area contributed by atoms with Gasteiger partial charge in [0, 0.05) is 23.7 Å². The van der Waals surface area contributed by atoms with E-state index in [1.165, 1.54) is 29.7 Å². The van der Waals surface area contributed by atoms with Crippen molar-refractivity contribution < 1.29 is 0 Å². The zero-order chi connectivity index (χ0) is 13.5. The highest BCUT2D eigenvalue weighted by Gasteiger charge is 2.10.